The first-order valence-corrected chi connectivity index (χ1v) is 4.67. The van der Waals surface area contributed by atoms with E-state index in [9.17, 15) is 8.78 Å². The molecule has 0 saturated heterocycles. The fourth-order valence-electron chi connectivity index (χ4n) is 0.695. The van der Waals surface area contributed by atoms with E-state index < -0.39 is 6.08 Å². The molecule has 0 aliphatic rings. The van der Waals surface area contributed by atoms with Crippen molar-refractivity contribution >= 4 is 11.8 Å². The maximum atomic E-state index is 11.6. The molecule has 70 valence electrons. The molecule has 0 fully saturated rings. The molecule has 0 amide bonds. The Morgan fingerprint density at radius 1 is 1.54 bits per heavy atom. The zero-order valence-electron chi connectivity index (χ0n) is 6.78. The Bertz CT molecular complexity index is 273. The fraction of sp³-hybridized carbons (Fsp3) is 0.250. The van der Waals surface area contributed by atoms with Crippen molar-refractivity contribution < 1.29 is 8.78 Å². The highest BCUT2D eigenvalue weighted by molar-refractivity contribution is 7.99. The van der Waals surface area contributed by atoms with Gasteiger partial charge in [-0.05, 0) is 18.6 Å². The first kappa shape index (κ1) is 10.1. The van der Waals surface area contributed by atoms with Gasteiger partial charge in [0.25, 0.3) is 6.08 Å². The average Bonchev–Trinajstić information content (AvgIpc) is 2.14. The van der Waals surface area contributed by atoms with Crippen LogP contribution in [-0.2, 0) is 0 Å². The van der Waals surface area contributed by atoms with Crippen LogP contribution in [0.3, 0.4) is 0 Å². The molecule has 1 aromatic rings. The second kappa shape index (κ2) is 5.64. The molecule has 1 rings (SSSR count). The number of rotatable bonds is 4. The number of hydrogen-bond donors (Lipinski definition) is 0. The Morgan fingerprint density at radius 2 is 2.38 bits per heavy atom. The van der Waals surface area contributed by atoms with E-state index in [1.165, 1.54) is 18.1 Å². The van der Waals surface area contributed by atoms with Crippen LogP contribution in [0.25, 0.3) is 0 Å². The molecule has 5 heteroatoms. The predicted octanol–water partition coefficient (Wildman–Crippen LogP) is 2.74. The van der Waals surface area contributed by atoms with E-state index in [1.807, 2.05) is 0 Å². The summed E-state index contributed by atoms with van der Waals surface area (Å²) in [6.45, 7) is 0. The first-order chi connectivity index (χ1) is 6.29. The molecule has 0 spiro atoms. The van der Waals surface area contributed by atoms with Gasteiger partial charge < -0.3 is 0 Å². The Kier molecular flexibility index (Phi) is 4.39. The maximum Gasteiger partial charge on any atom is 0.266 e. The van der Waals surface area contributed by atoms with Crippen molar-refractivity contribution in [3.8, 4) is 0 Å². The minimum atomic E-state index is -1.62. The third-order valence-electron chi connectivity index (χ3n) is 1.22. The van der Waals surface area contributed by atoms with Crippen LogP contribution < -0.4 is 0 Å². The van der Waals surface area contributed by atoms with E-state index in [0.717, 1.165) is 11.1 Å². The molecule has 0 aliphatic carbocycles. The highest BCUT2D eigenvalue weighted by Gasteiger charge is 1.93. The molecule has 13 heavy (non-hydrogen) atoms. The standard InChI is InChI=1S/C8H8F2N2S/c9-7(10)2-1-5-13-8-3-4-11-6-12-8/h2-4,6H,1,5H2. The third-order valence-corrected chi connectivity index (χ3v) is 2.20. The molecule has 1 aromatic heterocycles. The zero-order chi connectivity index (χ0) is 9.52. The Hall–Kier alpha value is -0.970. The highest BCUT2D eigenvalue weighted by Crippen LogP contribution is 2.15. The number of halogens is 2. The summed E-state index contributed by atoms with van der Waals surface area (Å²) in [5.41, 5.74) is 0. The molecule has 0 unspecified atom stereocenters. The summed E-state index contributed by atoms with van der Waals surface area (Å²) in [6.07, 6.45) is 2.71. The minimum Gasteiger partial charge on any atom is -0.245 e. The van der Waals surface area contributed by atoms with Gasteiger partial charge in [-0.3, -0.25) is 0 Å². The number of aromatic nitrogens is 2. The van der Waals surface area contributed by atoms with Gasteiger partial charge in [0.1, 0.15) is 6.33 Å². The van der Waals surface area contributed by atoms with Crippen molar-refractivity contribution in [2.24, 2.45) is 0 Å². The average molecular weight is 202 g/mol. The second-order valence-electron chi connectivity index (χ2n) is 2.18. The summed E-state index contributed by atoms with van der Waals surface area (Å²) in [4.78, 5) is 7.68. The molecule has 2 nitrogen and oxygen atoms in total. The van der Waals surface area contributed by atoms with Crippen LogP contribution in [0.4, 0.5) is 8.78 Å². The third kappa shape index (κ3) is 4.57. The van der Waals surface area contributed by atoms with Crippen LogP contribution in [0.5, 0.6) is 0 Å². The van der Waals surface area contributed by atoms with E-state index >= 15 is 0 Å². The van der Waals surface area contributed by atoms with Crippen LogP contribution in [0, 0.1) is 0 Å². The molecular formula is C8H8F2N2S. The summed E-state index contributed by atoms with van der Waals surface area (Å²) < 4.78 is 23.2. The van der Waals surface area contributed by atoms with Gasteiger partial charge in [0, 0.05) is 11.9 Å². The molecule has 0 aromatic carbocycles. The quantitative estimate of drug-likeness (QED) is 0.426. The van der Waals surface area contributed by atoms with Crippen LogP contribution >= 0.6 is 11.8 Å². The van der Waals surface area contributed by atoms with E-state index in [-0.39, 0.29) is 0 Å². The fourth-order valence-corrected chi connectivity index (χ4v) is 1.42. The van der Waals surface area contributed by atoms with E-state index in [2.05, 4.69) is 9.97 Å². The summed E-state index contributed by atoms with van der Waals surface area (Å²) in [6, 6.07) is 1.75. The lowest BCUT2D eigenvalue weighted by atomic mass is 10.5. The number of allylic oxidation sites excluding steroid dienone is 1. The van der Waals surface area contributed by atoms with Crippen LogP contribution in [0.15, 0.2) is 35.8 Å². The highest BCUT2D eigenvalue weighted by atomic mass is 32.2. The molecule has 0 aliphatic heterocycles. The lowest BCUT2D eigenvalue weighted by Crippen LogP contribution is -1.82. The van der Waals surface area contributed by atoms with Gasteiger partial charge in [-0.25, -0.2) is 9.97 Å². The lowest BCUT2D eigenvalue weighted by molar-refractivity contribution is 0.418. The lowest BCUT2D eigenvalue weighted by Gasteiger charge is -1.95. The van der Waals surface area contributed by atoms with Crippen LogP contribution in [-0.4, -0.2) is 15.7 Å². The molecule has 0 atom stereocenters. The summed E-state index contributed by atoms with van der Waals surface area (Å²) in [5.74, 6) is 0.606. The summed E-state index contributed by atoms with van der Waals surface area (Å²) in [5, 5.41) is 0.808. The Balaban J connectivity index is 2.25. The topological polar surface area (TPSA) is 25.8 Å². The summed E-state index contributed by atoms with van der Waals surface area (Å²) in [7, 11) is 0. The first-order valence-electron chi connectivity index (χ1n) is 3.69. The molecule has 0 radical (unpaired) electrons. The van der Waals surface area contributed by atoms with Gasteiger partial charge in [0.05, 0.1) is 5.03 Å². The molecule has 0 bridgehead atoms. The van der Waals surface area contributed by atoms with Crippen molar-refractivity contribution in [2.45, 2.75) is 11.4 Å². The van der Waals surface area contributed by atoms with Crippen molar-refractivity contribution in [2.75, 3.05) is 5.75 Å². The normalized spacial score (nSPS) is 9.69. The predicted molar refractivity (Wildman–Crippen MR) is 47.7 cm³/mol. The van der Waals surface area contributed by atoms with Gasteiger partial charge >= 0.3 is 0 Å². The number of hydrogen-bond acceptors (Lipinski definition) is 3. The molecular weight excluding hydrogens is 194 g/mol. The molecule has 1 heterocycles. The van der Waals surface area contributed by atoms with Gasteiger partial charge in [-0.1, -0.05) is 0 Å². The molecule has 0 N–H and O–H groups in total. The van der Waals surface area contributed by atoms with E-state index in [4.69, 9.17) is 0 Å². The van der Waals surface area contributed by atoms with Crippen molar-refractivity contribution in [1.29, 1.82) is 0 Å². The second-order valence-corrected chi connectivity index (χ2v) is 3.29. The van der Waals surface area contributed by atoms with Crippen molar-refractivity contribution in [3.05, 3.63) is 30.7 Å². The number of nitrogens with zero attached hydrogens (tertiary/aromatic N) is 2. The van der Waals surface area contributed by atoms with Crippen LogP contribution in [0.2, 0.25) is 0 Å². The largest absolute Gasteiger partial charge is 0.266 e. The smallest absolute Gasteiger partial charge is 0.245 e. The Morgan fingerprint density at radius 3 is 3.00 bits per heavy atom. The van der Waals surface area contributed by atoms with Crippen molar-refractivity contribution in [3.63, 3.8) is 0 Å². The van der Waals surface area contributed by atoms with Crippen molar-refractivity contribution in [1.82, 2.24) is 9.97 Å². The minimum absolute atomic E-state index is 0.358. The van der Waals surface area contributed by atoms with Gasteiger partial charge in [-0.2, -0.15) is 8.78 Å². The zero-order valence-corrected chi connectivity index (χ0v) is 7.60. The van der Waals surface area contributed by atoms with Crippen LogP contribution in [0.1, 0.15) is 6.42 Å². The van der Waals surface area contributed by atoms with E-state index in [0.29, 0.717) is 12.2 Å². The maximum absolute atomic E-state index is 11.6. The molecule has 0 saturated carbocycles. The van der Waals surface area contributed by atoms with Gasteiger partial charge in [-0.15, -0.1) is 11.8 Å². The Labute approximate surface area is 79.1 Å². The van der Waals surface area contributed by atoms with Gasteiger partial charge in [0.2, 0.25) is 0 Å². The monoisotopic (exact) mass is 202 g/mol. The number of thioether (sulfide) groups is 1. The van der Waals surface area contributed by atoms with Gasteiger partial charge in [0.15, 0.2) is 0 Å². The SMILES string of the molecule is FC(F)=CCCSc1ccncn1. The van der Waals surface area contributed by atoms with E-state index in [1.54, 1.807) is 12.3 Å². The summed E-state index contributed by atoms with van der Waals surface area (Å²) >= 11 is 1.43.